The number of non-ortho nitro benzene ring substituents is 2. The molecular formula is C37H33BrN6O8S2. The predicted octanol–water partition coefficient (Wildman–Crippen LogP) is 9.88. The van der Waals surface area contributed by atoms with Gasteiger partial charge in [-0.3, -0.25) is 20.2 Å². The monoisotopic (exact) mass is 832 g/mol. The fourth-order valence-electron chi connectivity index (χ4n) is 4.70. The molecule has 6 rings (SSSR count). The Labute approximate surface area is 328 Å². The van der Waals surface area contributed by atoms with Gasteiger partial charge < -0.3 is 19.7 Å². The molecule has 1 N–H and O–H groups in total. The number of esters is 2. The molecule has 0 bridgehead atoms. The van der Waals surface area contributed by atoms with Crippen LogP contribution in [0, 0.1) is 20.2 Å². The van der Waals surface area contributed by atoms with Crippen LogP contribution in [0.4, 0.5) is 33.0 Å². The van der Waals surface area contributed by atoms with E-state index in [0.29, 0.717) is 29.5 Å². The van der Waals surface area contributed by atoms with Crippen LogP contribution in [0.15, 0.2) is 108 Å². The van der Waals surface area contributed by atoms with Crippen molar-refractivity contribution >= 4 is 84.6 Å². The zero-order valence-electron chi connectivity index (χ0n) is 29.0. The van der Waals surface area contributed by atoms with Crippen LogP contribution in [-0.4, -0.2) is 52.0 Å². The van der Waals surface area contributed by atoms with Crippen molar-refractivity contribution in [3.63, 3.8) is 0 Å². The molecule has 0 unspecified atom stereocenters. The Bertz CT molecular complexity index is 2190. The fraction of sp³-hybridized carbons (Fsp3) is 0.135. The maximum absolute atomic E-state index is 11.7. The smallest absolute Gasteiger partial charge is 0.338 e. The van der Waals surface area contributed by atoms with Gasteiger partial charge >= 0.3 is 11.9 Å². The normalized spacial score (nSPS) is 10.2. The molecule has 0 amide bonds. The number of halogens is 1. The van der Waals surface area contributed by atoms with Gasteiger partial charge in [-0.15, -0.1) is 39.7 Å². The molecule has 0 saturated heterocycles. The Hall–Kier alpha value is -6.04. The van der Waals surface area contributed by atoms with Gasteiger partial charge in [0.25, 0.3) is 11.4 Å². The molecule has 0 saturated carbocycles. The summed E-state index contributed by atoms with van der Waals surface area (Å²) in [6, 6.07) is 26.6. The lowest BCUT2D eigenvalue weighted by atomic mass is 10.1. The summed E-state index contributed by atoms with van der Waals surface area (Å²) in [6.07, 6.45) is 0. The summed E-state index contributed by atoms with van der Waals surface area (Å²) in [6.45, 7) is 4.21. The molecule has 0 aliphatic carbocycles. The molecule has 0 aliphatic heterocycles. The van der Waals surface area contributed by atoms with Crippen LogP contribution in [0.5, 0.6) is 0 Å². The van der Waals surface area contributed by atoms with E-state index in [2.05, 4.69) is 15.3 Å². The fourth-order valence-corrected chi connectivity index (χ4v) is 6.26. The summed E-state index contributed by atoms with van der Waals surface area (Å²) in [7, 11) is 1.89. The average Bonchev–Trinajstić information content (AvgIpc) is 3.86. The first-order chi connectivity index (χ1) is 25.6. The van der Waals surface area contributed by atoms with Crippen molar-refractivity contribution in [1.82, 2.24) is 9.97 Å². The molecule has 14 nitrogen and oxygen atoms in total. The van der Waals surface area contributed by atoms with Gasteiger partial charge in [0.05, 0.1) is 45.6 Å². The lowest BCUT2D eigenvalue weighted by Crippen LogP contribution is -2.10. The molecule has 4 aromatic carbocycles. The van der Waals surface area contributed by atoms with Crippen molar-refractivity contribution in [2.24, 2.45) is 0 Å². The Morgan fingerprint density at radius 2 is 1.13 bits per heavy atom. The van der Waals surface area contributed by atoms with Crippen molar-refractivity contribution in [2.45, 2.75) is 13.8 Å². The molecule has 17 heteroatoms. The van der Waals surface area contributed by atoms with Crippen molar-refractivity contribution in [1.29, 1.82) is 0 Å². The van der Waals surface area contributed by atoms with Crippen LogP contribution < -0.4 is 10.2 Å². The summed E-state index contributed by atoms with van der Waals surface area (Å²) < 4.78 is 9.93. The van der Waals surface area contributed by atoms with E-state index in [1.165, 1.54) is 46.9 Å². The molecule has 0 fully saturated rings. The highest BCUT2D eigenvalue weighted by Crippen LogP contribution is 2.32. The van der Waals surface area contributed by atoms with E-state index < -0.39 is 9.85 Å². The van der Waals surface area contributed by atoms with Crippen molar-refractivity contribution in [2.75, 3.05) is 30.5 Å². The van der Waals surface area contributed by atoms with E-state index in [4.69, 9.17) is 9.47 Å². The third kappa shape index (κ3) is 10.5. The Balaban J connectivity index is 0.000000236. The van der Waals surface area contributed by atoms with Crippen LogP contribution in [0.2, 0.25) is 0 Å². The lowest BCUT2D eigenvalue weighted by Gasteiger charge is -2.16. The summed E-state index contributed by atoms with van der Waals surface area (Å²) in [5.74, 6) is -0.699. The molecule has 2 aromatic heterocycles. The highest BCUT2D eigenvalue weighted by atomic mass is 79.9. The van der Waals surface area contributed by atoms with Crippen LogP contribution >= 0.6 is 39.7 Å². The molecule has 278 valence electrons. The van der Waals surface area contributed by atoms with Gasteiger partial charge in [0.2, 0.25) is 0 Å². The molecule has 0 atom stereocenters. The second-order valence-electron chi connectivity index (χ2n) is 10.9. The zero-order valence-corrected chi connectivity index (χ0v) is 32.4. The number of thiazole rings is 2. The van der Waals surface area contributed by atoms with Crippen molar-refractivity contribution in [3.05, 3.63) is 139 Å². The summed E-state index contributed by atoms with van der Waals surface area (Å²) in [5, 5.41) is 29.9. The number of carbonyl (C=O) groups is 2. The molecule has 0 radical (unpaired) electrons. The first-order valence-electron chi connectivity index (χ1n) is 16.0. The SMILES string of the molecule is Br.CCOC(=O)c1ccc(N(C)c2nc(-c3ccc([N+](=O)[O-])cc3)cs2)cc1.CCOC(=O)c1ccc(Nc2nc(-c3ccc([N+](=O)[O-])cc3)cs2)cc1. The maximum Gasteiger partial charge on any atom is 0.338 e. The standard InChI is InChI=1S/C19H17N3O4S.C18H15N3O4S.BrH/c1-3-26-18(23)14-6-8-15(9-7-14)21(2)19-20-17(12-27-19)13-4-10-16(11-5-13)22(24)25;1-2-25-17(22)13-3-7-14(8-4-13)19-18-20-16(11-26-18)12-5-9-15(10-6-12)21(23)24;/h4-12H,3H2,1-2H3;3-11H,2H2,1H3,(H,19,20);1H. The van der Waals surface area contributed by atoms with Crippen LogP contribution in [0.1, 0.15) is 34.6 Å². The number of hydrogen-bond acceptors (Lipinski definition) is 14. The highest BCUT2D eigenvalue weighted by Gasteiger charge is 2.14. The Morgan fingerprint density at radius 3 is 1.59 bits per heavy atom. The largest absolute Gasteiger partial charge is 0.462 e. The second kappa shape index (κ2) is 19.2. The third-order valence-corrected chi connectivity index (χ3v) is 9.12. The van der Waals surface area contributed by atoms with Gasteiger partial charge in [-0.2, -0.15) is 0 Å². The van der Waals surface area contributed by atoms with Crippen molar-refractivity contribution < 1.29 is 28.9 Å². The van der Waals surface area contributed by atoms with Gasteiger partial charge in [-0.25, -0.2) is 19.6 Å². The van der Waals surface area contributed by atoms with Crippen LogP contribution in [-0.2, 0) is 9.47 Å². The summed E-state index contributed by atoms with van der Waals surface area (Å²) in [4.78, 5) is 55.0. The minimum absolute atomic E-state index is 0. The van der Waals surface area contributed by atoms with E-state index in [0.717, 1.165) is 39.0 Å². The van der Waals surface area contributed by atoms with Gasteiger partial charge in [-0.05, 0) is 86.6 Å². The number of benzene rings is 4. The van der Waals surface area contributed by atoms with Crippen molar-refractivity contribution in [3.8, 4) is 22.5 Å². The number of rotatable bonds is 12. The van der Waals surface area contributed by atoms with Gasteiger partial charge in [0.1, 0.15) is 0 Å². The zero-order chi connectivity index (χ0) is 37.9. The molecule has 54 heavy (non-hydrogen) atoms. The number of nitrogens with zero attached hydrogens (tertiary/aromatic N) is 5. The van der Waals surface area contributed by atoms with E-state index in [1.807, 2.05) is 34.8 Å². The molecule has 6 aromatic rings. The minimum Gasteiger partial charge on any atom is -0.462 e. The number of carbonyl (C=O) groups excluding carboxylic acids is 2. The number of anilines is 4. The van der Waals surface area contributed by atoms with E-state index >= 15 is 0 Å². The van der Waals surface area contributed by atoms with Gasteiger partial charge in [0, 0.05) is 64.6 Å². The van der Waals surface area contributed by atoms with Gasteiger partial charge in [0.15, 0.2) is 10.3 Å². The number of nitro benzene ring substituents is 2. The van der Waals surface area contributed by atoms with E-state index in [-0.39, 0.29) is 40.3 Å². The van der Waals surface area contributed by atoms with E-state index in [1.54, 1.807) is 74.5 Å². The van der Waals surface area contributed by atoms with Gasteiger partial charge in [-0.1, -0.05) is 0 Å². The van der Waals surface area contributed by atoms with Crippen LogP contribution in [0.25, 0.3) is 22.5 Å². The van der Waals surface area contributed by atoms with E-state index in [9.17, 15) is 29.8 Å². The molecule has 0 spiro atoms. The first-order valence-corrected chi connectivity index (χ1v) is 17.8. The number of nitrogens with one attached hydrogen (secondary N) is 1. The summed E-state index contributed by atoms with van der Waals surface area (Å²) in [5.41, 5.74) is 5.86. The number of ether oxygens (including phenoxy) is 2. The molecule has 2 heterocycles. The maximum atomic E-state index is 11.7. The quantitative estimate of drug-likeness (QED) is 0.0702. The Kier molecular flexibility index (Phi) is 14.4. The second-order valence-corrected chi connectivity index (χ2v) is 12.6. The predicted molar refractivity (Wildman–Crippen MR) is 215 cm³/mol. The highest BCUT2D eigenvalue weighted by molar-refractivity contribution is 8.93. The lowest BCUT2D eigenvalue weighted by molar-refractivity contribution is -0.385. The first kappa shape index (κ1) is 40.7. The Morgan fingerprint density at radius 1 is 0.685 bits per heavy atom. The third-order valence-electron chi connectivity index (χ3n) is 7.44. The topological polar surface area (TPSA) is 180 Å². The number of nitro groups is 2. The minimum atomic E-state index is -0.433. The summed E-state index contributed by atoms with van der Waals surface area (Å²) >= 11 is 2.89. The average molecular weight is 834 g/mol. The molecule has 0 aliphatic rings. The molecular weight excluding hydrogens is 800 g/mol. The number of hydrogen-bond donors (Lipinski definition) is 1. The van der Waals surface area contributed by atoms with Crippen LogP contribution in [0.3, 0.4) is 0 Å². The number of aromatic nitrogens is 2.